The number of benzene rings is 2. The van der Waals surface area contributed by atoms with Crippen LogP contribution in [0.1, 0.15) is 5.56 Å². The molecular formula is C20H20Cl2N4O. The van der Waals surface area contributed by atoms with Gasteiger partial charge in [-0.15, -0.1) is 0 Å². The molecule has 1 fully saturated rings. The molecule has 140 valence electrons. The Hall–Kier alpha value is -2.08. The Labute approximate surface area is 168 Å². The van der Waals surface area contributed by atoms with Gasteiger partial charge < -0.3 is 9.42 Å². The molecule has 0 N–H and O–H groups in total. The van der Waals surface area contributed by atoms with Gasteiger partial charge in [-0.05, 0) is 48.4 Å². The van der Waals surface area contributed by atoms with Gasteiger partial charge in [0.15, 0.2) is 0 Å². The molecule has 0 saturated carbocycles. The van der Waals surface area contributed by atoms with Gasteiger partial charge in [0.2, 0.25) is 5.82 Å². The van der Waals surface area contributed by atoms with Crippen LogP contribution in [0.4, 0.5) is 6.01 Å². The fourth-order valence-corrected chi connectivity index (χ4v) is 3.41. The zero-order valence-corrected chi connectivity index (χ0v) is 16.3. The summed E-state index contributed by atoms with van der Waals surface area (Å²) in [5.41, 5.74) is 2.21. The van der Waals surface area contributed by atoms with Crippen molar-refractivity contribution in [1.29, 1.82) is 0 Å². The highest BCUT2D eigenvalue weighted by atomic mass is 35.5. The summed E-state index contributed by atoms with van der Waals surface area (Å²) in [4.78, 5) is 9.14. The molecule has 2 aromatic carbocycles. The van der Waals surface area contributed by atoms with Crippen molar-refractivity contribution in [3.8, 4) is 11.4 Å². The molecule has 0 spiro atoms. The Balaban J connectivity index is 1.30. The first-order valence-electron chi connectivity index (χ1n) is 8.99. The molecular weight excluding hydrogens is 383 g/mol. The van der Waals surface area contributed by atoms with E-state index >= 15 is 0 Å². The van der Waals surface area contributed by atoms with E-state index in [9.17, 15) is 0 Å². The lowest BCUT2D eigenvalue weighted by molar-refractivity contribution is 0.253. The van der Waals surface area contributed by atoms with E-state index in [4.69, 9.17) is 27.7 Å². The van der Waals surface area contributed by atoms with E-state index in [0.717, 1.165) is 49.7 Å². The molecule has 1 aliphatic rings. The minimum absolute atomic E-state index is 0.581. The lowest BCUT2D eigenvalue weighted by atomic mass is 10.1. The summed E-state index contributed by atoms with van der Waals surface area (Å²) < 4.78 is 5.47. The van der Waals surface area contributed by atoms with Gasteiger partial charge in [-0.3, -0.25) is 4.90 Å². The van der Waals surface area contributed by atoms with Crippen LogP contribution in [0.3, 0.4) is 0 Å². The lowest BCUT2D eigenvalue weighted by Gasteiger charge is -2.33. The van der Waals surface area contributed by atoms with Crippen LogP contribution in [0.2, 0.25) is 10.0 Å². The first-order chi connectivity index (χ1) is 13.2. The Morgan fingerprint density at radius 3 is 2.15 bits per heavy atom. The van der Waals surface area contributed by atoms with E-state index in [1.165, 1.54) is 5.56 Å². The van der Waals surface area contributed by atoms with E-state index in [0.29, 0.717) is 16.9 Å². The maximum absolute atomic E-state index is 5.94. The van der Waals surface area contributed by atoms with Gasteiger partial charge in [0, 0.05) is 48.3 Å². The zero-order valence-electron chi connectivity index (χ0n) is 14.8. The number of piperazine rings is 1. The number of rotatable bonds is 5. The summed E-state index contributed by atoms with van der Waals surface area (Å²) in [5.74, 6) is 0.590. The summed E-state index contributed by atoms with van der Waals surface area (Å²) in [5, 5.41) is 5.57. The molecule has 5 nitrogen and oxygen atoms in total. The summed E-state index contributed by atoms with van der Waals surface area (Å²) in [7, 11) is 0. The molecule has 0 radical (unpaired) electrons. The molecule has 1 aliphatic heterocycles. The second-order valence-electron chi connectivity index (χ2n) is 6.61. The predicted octanol–water partition coefficient (Wildman–Crippen LogP) is 4.41. The fourth-order valence-electron chi connectivity index (χ4n) is 3.16. The molecule has 7 heteroatoms. The topological polar surface area (TPSA) is 45.4 Å². The third-order valence-corrected chi connectivity index (χ3v) is 5.29. The van der Waals surface area contributed by atoms with Crippen LogP contribution >= 0.6 is 23.2 Å². The zero-order chi connectivity index (χ0) is 18.6. The number of hydrogen-bond donors (Lipinski definition) is 0. The number of halogens is 2. The van der Waals surface area contributed by atoms with Crippen molar-refractivity contribution in [2.24, 2.45) is 0 Å². The molecule has 0 unspecified atom stereocenters. The first kappa shape index (κ1) is 18.3. The minimum Gasteiger partial charge on any atom is -0.322 e. The van der Waals surface area contributed by atoms with E-state index in [-0.39, 0.29) is 0 Å². The number of aromatic nitrogens is 2. The highest BCUT2D eigenvalue weighted by Gasteiger charge is 2.21. The van der Waals surface area contributed by atoms with E-state index in [1.807, 2.05) is 36.4 Å². The van der Waals surface area contributed by atoms with Crippen LogP contribution in [0.5, 0.6) is 0 Å². The molecule has 4 rings (SSSR count). The third-order valence-electron chi connectivity index (χ3n) is 4.79. The van der Waals surface area contributed by atoms with Crippen LogP contribution < -0.4 is 4.90 Å². The highest BCUT2D eigenvalue weighted by Crippen LogP contribution is 2.22. The number of anilines is 1. The highest BCUT2D eigenvalue weighted by molar-refractivity contribution is 6.30. The molecule has 27 heavy (non-hydrogen) atoms. The van der Waals surface area contributed by atoms with Gasteiger partial charge in [0.05, 0.1) is 0 Å². The van der Waals surface area contributed by atoms with Crippen LogP contribution in [0.25, 0.3) is 11.4 Å². The number of hydrogen-bond acceptors (Lipinski definition) is 5. The largest absolute Gasteiger partial charge is 0.324 e. The second-order valence-corrected chi connectivity index (χ2v) is 7.49. The van der Waals surface area contributed by atoms with Crippen molar-refractivity contribution in [2.75, 3.05) is 37.6 Å². The van der Waals surface area contributed by atoms with Crippen molar-refractivity contribution < 1.29 is 4.52 Å². The molecule has 0 aliphatic carbocycles. The summed E-state index contributed by atoms with van der Waals surface area (Å²) in [6.45, 7) is 4.75. The average Bonchev–Trinajstić information content (AvgIpc) is 3.19. The fraction of sp³-hybridized carbons (Fsp3) is 0.300. The van der Waals surface area contributed by atoms with Crippen molar-refractivity contribution in [3.05, 3.63) is 64.1 Å². The van der Waals surface area contributed by atoms with Gasteiger partial charge in [-0.1, -0.05) is 40.5 Å². The van der Waals surface area contributed by atoms with Crippen molar-refractivity contribution >= 4 is 29.2 Å². The van der Waals surface area contributed by atoms with Crippen molar-refractivity contribution in [2.45, 2.75) is 6.42 Å². The van der Waals surface area contributed by atoms with Gasteiger partial charge >= 0.3 is 6.01 Å². The molecule has 0 atom stereocenters. The van der Waals surface area contributed by atoms with Crippen molar-refractivity contribution in [1.82, 2.24) is 15.0 Å². The third kappa shape index (κ3) is 4.61. The SMILES string of the molecule is Clc1ccc(CCN2CCN(c3nc(-c4ccc(Cl)cc4)no3)CC2)cc1. The van der Waals surface area contributed by atoms with E-state index in [1.54, 1.807) is 0 Å². The van der Waals surface area contributed by atoms with Crippen LogP contribution in [-0.2, 0) is 6.42 Å². The first-order valence-corrected chi connectivity index (χ1v) is 9.74. The standard InChI is InChI=1S/C20H20Cl2N4O/c21-17-5-1-15(2-6-17)9-10-25-11-13-26(14-12-25)20-23-19(24-27-20)16-3-7-18(22)8-4-16/h1-8H,9-14H2. The van der Waals surface area contributed by atoms with Gasteiger partial charge in [0.1, 0.15) is 0 Å². The van der Waals surface area contributed by atoms with Gasteiger partial charge in [0.25, 0.3) is 0 Å². The Morgan fingerprint density at radius 1 is 0.852 bits per heavy atom. The molecule has 1 aromatic heterocycles. The lowest BCUT2D eigenvalue weighted by Crippen LogP contribution is -2.47. The molecule has 0 amide bonds. The Morgan fingerprint density at radius 2 is 1.48 bits per heavy atom. The average molecular weight is 403 g/mol. The molecule has 3 aromatic rings. The van der Waals surface area contributed by atoms with E-state index < -0.39 is 0 Å². The Kier molecular flexibility index (Phi) is 5.62. The molecule has 1 saturated heterocycles. The smallest absolute Gasteiger partial charge is 0.322 e. The predicted molar refractivity (Wildman–Crippen MR) is 109 cm³/mol. The monoisotopic (exact) mass is 402 g/mol. The molecule has 0 bridgehead atoms. The van der Waals surface area contributed by atoms with Crippen LogP contribution in [-0.4, -0.2) is 47.8 Å². The second kappa shape index (κ2) is 8.30. The van der Waals surface area contributed by atoms with Crippen molar-refractivity contribution in [3.63, 3.8) is 0 Å². The molecule has 2 heterocycles. The summed E-state index contributed by atoms with van der Waals surface area (Å²) >= 11 is 11.9. The van der Waals surface area contributed by atoms with Crippen LogP contribution in [0.15, 0.2) is 53.1 Å². The van der Waals surface area contributed by atoms with Crippen LogP contribution in [0, 0.1) is 0 Å². The maximum atomic E-state index is 5.94. The summed E-state index contributed by atoms with van der Waals surface area (Å²) in [6.07, 6.45) is 1.03. The quantitative estimate of drug-likeness (QED) is 0.632. The number of nitrogens with zero attached hydrogens (tertiary/aromatic N) is 4. The van der Waals surface area contributed by atoms with Gasteiger partial charge in [-0.2, -0.15) is 4.98 Å². The van der Waals surface area contributed by atoms with Gasteiger partial charge in [-0.25, -0.2) is 0 Å². The maximum Gasteiger partial charge on any atom is 0.324 e. The summed E-state index contributed by atoms with van der Waals surface area (Å²) in [6, 6.07) is 16.1. The Bertz CT molecular complexity index is 872. The normalized spacial score (nSPS) is 15.3. The minimum atomic E-state index is 0.581. The van der Waals surface area contributed by atoms with E-state index in [2.05, 4.69) is 32.1 Å².